The van der Waals surface area contributed by atoms with Crippen LogP contribution in [0.4, 0.5) is 5.69 Å². The molecule has 0 fully saturated rings. The second kappa shape index (κ2) is 6.42. The van der Waals surface area contributed by atoms with Gasteiger partial charge in [0.2, 0.25) is 0 Å². The van der Waals surface area contributed by atoms with Crippen molar-refractivity contribution in [2.75, 3.05) is 11.9 Å². The lowest BCUT2D eigenvalue weighted by molar-refractivity contribution is -0.142. The first kappa shape index (κ1) is 12.9. The van der Waals surface area contributed by atoms with Crippen molar-refractivity contribution in [3.05, 3.63) is 51.7 Å². The minimum absolute atomic E-state index is 0.146. The van der Waals surface area contributed by atoms with Crippen molar-refractivity contribution >= 4 is 34.6 Å². The van der Waals surface area contributed by atoms with E-state index in [2.05, 4.69) is 5.32 Å². The molecule has 0 atom stereocenters. The number of rotatable bonds is 5. The molecule has 0 bridgehead atoms. The van der Waals surface area contributed by atoms with E-state index in [0.29, 0.717) is 11.6 Å². The Bertz CT molecular complexity index is 496. The molecule has 0 aliphatic carbocycles. The maximum atomic E-state index is 11.5. The highest BCUT2D eigenvalue weighted by atomic mass is 35.5. The number of hydrogen-bond donors (Lipinski definition) is 1. The van der Waals surface area contributed by atoms with Gasteiger partial charge in [-0.2, -0.15) is 0 Å². The van der Waals surface area contributed by atoms with Crippen LogP contribution in [0.1, 0.15) is 4.88 Å². The van der Waals surface area contributed by atoms with E-state index in [0.717, 1.165) is 10.6 Å². The topological polar surface area (TPSA) is 38.3 Å². The number of ether oxygens (including phenoxy) is 1. The van der Waals surface area contributed by atoms with Gasteiger partial charge in [0.25, 0.3) is 0 Å². The summed E-state index contributed by atoms with van der Waals surface area (Å²) < 4.78 is 5.11. The molecule has 3 nitrogen and oxygen atoms in total. The van der Waals surface area contributed by atoms with Crippen molar-refractivity contribution in [1.82, 2.24) is 0 Å². The molecule has 0 aliphatic heterocycles. The fraction of sp³-hybridized carbons (Fsp3) is 0.154. The number of esters is 1. The summed E-state index contributed by atoms with van der Waals surface area (Å²) in [7, 11) is 0. The number of nitrogens with one attached hydrogen (secondary N) is 1. The van der Waals surface area contributed by atoms with E-state index in [1.165, 1.54) is 0 Å². The number of anilines is 1. The third-order valence-electron chi connectivity index (χ3n) is 2.24. The van der Waals surface area contributed by atoms with E-state index in [-0.39, 0.29) is 12.5 Å². The van der Waals surface area contributed by atoms with Crippen LogP contribution in [0.25, 0.3) is 0 Å². The quantitative estimate of drug-likeness (QED) is 0.852. The molecule has 1 aromatic carbocycles. The normalized spacial score (nSPS) is 10.1. The minimum atomic E-state index is -0.279. The molecule has 0 unspecified atom stereocenters. The van der Waals surface area contributed by atoms with Crippen molar-refractivity contribution in [2.45, 2.75) is 6.61 Å². The van der Waals surface area contributed by atoms with Gasteiger partial charge in [0.15, 0.2) is 0 Å². The molecule has 0 saturated heterocycles. The Morgan fingerprint density at radius 1 is 1.28 bits per heavy atom. The monoisotopic (exact) mass is 281 g/mol. The summed E-state index contributed by atoms with van der Waals surface area (Å²) in [6.45, 7) is 0.478. The van der Waals surface area contributed by atoms with Crippen LogP contribution in [0, 0.1) is 0 Å². The summed E-state index contributed by atoms with van der Waals surface area (Å²) in [4.78, 5) is 12.5. The highest BCUT2D eigenvalue weighted by Crippen LogP contribution is 2.13. The number of carbonyl (C=O) groups excluding carboxylic acids is 1. The van der Waals surface area contributed by atoms with Gasteiger partial charge in [-0.25, -0.2) is 0 Å². The molecule has 5 heteroatoms. The lowest BCUT2D eigenvalue weighted by atomic mass is 10.3. The molecule has 1 N–H and O–H groups in total. The van der Waals surface area contributed by atoms with Crippen LogP contribution in [0.15, 0.2) is 41.8 Å². The van der Waals surface area contributed by atoms with Gasteiger partial charge >= 0.3 is 5.97 Å². The van der Waals surface area contributed by atoms with Gasteiger partial charge in [0.1, 0.15) is 13.2 Å². The van der Waals surface area contributed by atoms with E-state index in [9.17, 15) is 4.79 Å². The number of hydrogen-bond acceptors (Lipinski definition) is 4. The lowest BCUT2D eigenvalue weighted by Crippen LogP contribution is -2.16. The van der Waals surface area contributed by atoms with E-state index in [1.54, 1.807) is 23.5 Å². The molecule has 2 rings (SSSR count). The van der Waals surface area contributed by atoms with E-state index in [1.807, 2.05) is 29.6 Å². The molecule has 94 valence electrons. The van der Waals surface area contributed by atoms with Crippen LogP contribution in [0.2, 0.25) is 5.02 Å². The molecule has 18 heavy (non-hydrogen) atoms. The van der Waals surface area contributed by atoms with E-state index in [4.69, 9.17) is 16.3 Å². The summed E-state index contributed by atoms with van der Waals surface area (Å²) in [5.41, 5.74) is 0.840. The summed E-state index contributed by atoms with van der Waals surface area (Å²) in [6.07, 6.45) is 0. The van der Waals surface area contributed by atoms with Crippen LogP contribution < -0.4 is 5.32 Å². The zero-order chi connectivity index (χ0) is 12.8. The Labute approximate surface area is 114 Å². The Morgan fingerprint density at radius 3 is 2.72 bits per heavy atom. The van der Waals surface area contributed by atoms with Crippen LogP contribution in [0.3, 0.4) is 0 Å². The third-order valence-corrected chi connectivity index (χ3v) is 3.34. The smallest absolute Gasteiger partial charge is 0.325 e. The number of halogens is 1. The molecule has 0 amide bonds. The maximum Gasteiger partial charge on any atom is 0.325 e. The fourth-order valence-corrected chi connectivity index (χ4v) is 2.08. The van der Waals surface area contributed by atoms with Gasteiger partial charge in [-0.15, -0.1) is 11.3 Å². The van der Waals surface area contributed by atoms with Crippen LogP contribution in [-0.2, 0) is 16.1 Å². The van der Waals surface area contributed by atoms with E-state index < -0.39 is 0 Å². The van der Waals surface area contributed by atoms with Crippen LogP contribution in [0.5, 0.6) is 0 Å². The Hall–Kier alpha value is -1.52. The predicted molar refractivity (Wildman–Crippen MR) is 74.1 cm³/mol. The number of benzene rings is 1. The molecule has 1 heterocycles. The summed E-state index contributed by atoms with van der Waals surface area (Å²) in [6, 6.07) is 11.0. The summed E-state index contributed by atoms with van der Waals surface area (Å²) in [5, 5.41) is 5.59. The van der Waals surface area contributed by atoms with Gasteiger partial charge in [-0.3, -0.25) is 4.79 Å². The van der Waals surface area contributed by atoms with Gasteiger partial charge in [0.05, 0.1) is 0 Å². The average Bonchev–Trinajstić information content (AvgIpc) is 2.89. The molecule has 0 saturated carbocycles. The van der Waals surface area contributed by atoms with Crippen molar-refractivity contribution in [1.29, 1.82) is 0 Å². The standard InChI is InChI=1S/C13H12ClNO2S/c14-10-3-5-11(6-4-10)15-8-13(16)17-9-12-2-1-7-18-12/h1-7,15H,8-9H2. The first-order valence-electron chi connectivity index (χ1n) is 5.41. The molecule has 0 aliphatic rings. The molecular weight excluding hydrogens is 270 g/mol. The van der Waals surface area contributed by atoms with Crippen molar-refractivity contribution < 1.29 is 9.53 Å². The van der Waals surface area contributed by atoms with Crippen molar-refractivity contribution in [2.24, 2.45) is 0 Å². The summed E-state index contributed by atoms with van der Waals surface area (Å²) >= 11 is 7.33. The van der Waals surface area contributed by atoms with E-state index >= 15 is 0 Å². The highest BCUT2D eigenvalue weighted by molar-refractivity contribution is 7.09. The maximum absolute atomic E-state index is 11.5. The number of thiophene rings is 1. The van der Waals surface area contributed by atoms with Crippen molar-refractivity contribution in [3.8, 4) is 0 Å². The van der Waals surface area contributed by atoms with Gasteiger partial charge in [-0.1, -0.05) is 17.7 Å². The zero-order valence-corrected chi connectivity index (χ0v) is 11.1. The minimum Gasteiger partial charge on any atom is -0.459 e. The third kappa shape index (κ3) is 4.05. The molecular formula is C13H12ClNO2S. The average molecular weight is 282 g/mol. The van der Waals surface area contributed by atoms with Gasteiger partial charge < -0.3 is 10.1 Å². The van der Waals surface area contributed by atoms with Crippen LogP contribution >= 0.6 is 22.9 Å². The van der Waals surface area contributed by atoms with Crippen LogP contribution in [-0.4, -0.2) is 12.5 Å². The van der Waals surface area contributed by atoms with Gasteiger partial charge in [-0.05, 0) is 35.7 Å². The first-order chi connectivity index (χ1) is 8.74. The van der Waals surface area contributed by atoms with Gasteiger partial charge in [0, 0.05) is 15.6 Å². The molecule has 2 aromatic rings. The fourth-order valence-electron chi connectivity index (χ4n) is 1.34. The SMILES string of the molecule is O=C(CNc1ccc(Cl)cc1)OCc1cccs1. The zero-order valence-electron chi connectivity index (χ0n) is 9.56. The number of carbonyl (C=O) groups is 1. The highest BCUT2D eigenvalue weighted by Gasteiger charge is 2.03. The Morgan fingerprint density at radius 2 is 2.06 bits per heavy atom. The molecule has 1 aromatic heterocycles. The second-order valence-corrected chi connectivity index (χ2v) is 5.07. The Balaban J connectivity index is 1.73. The summed E-state index contributed by atoms with van der Waals surface area (Å²) in [5.74, 6) is -0.279. The Kier molecular flexibility index (Phi) is 4.61. The van der Waals surface area contributed by atoms with Crippen molar-refractivity contribution in [3.63, 3.8) is 0 Å². The first-order valence-corrected chi connectivity index (χ1v) is 6.67. The molecule has 0 spiro atoms. The largest absolute Gasteiger partial charge is 0.459 e. The lowest BCUT2D eigenvalue weighted by Gasteiger charge is -2.06. The second-order valence-electron chi connectivity index (χ2n) is 3.60. The predicted octanol–water partition coefficient (Wildman–Crippen LogP) is 3.56. The molecule has 0 radical (unpaired) electrons.